The Labute approximate surface area is 88.0 Å². The lowest BCUT2D eigenvalue weighted by molar-refractivity contribution is 0.104. The van der Waals surface area contributed by atoms with Gasteiger partial charge in [-0.3, -0.25) is 4.79 Å². The fraction of sp³-hybridized carbons (Fsp3) is 0.182. The lowest BCUT2D eigenvalue weighted by atomic mass is 10.1. The zero-order chi connectivity index (χ0) is 10.4. The summed E-state index contributed by atoms with van der Waals surface area (Å²) < 4.78 is 4.99. The van der Waals surface area contributed by atoms with E-state index < -0.39 is 0 Å². The van der Waals surface area contributed by atoms with Gasteiger partial charge in [0.2, 0.25) is 0 Å². The summed E-state index contributed by atoms with van der Waals surface area (Å²) >= 11 is 1.41. The van der Waals surface area contributed by atoms with E-state index in [1.807, 2.05) is 24.5 Å². The molecule has 1 rings (SSSR count). The number of benzene rings is 1. The van der Waals surface area contributed by atoms with Crippen LogP contribution in [0.15, 0.2) is 41.5 Å². The Morgan fingerprint density at radius 1 is 1.36 bits per heavy atom. The van der Waals surface area contributed by atoms with E-state index in [1.54, 1.807) is 19.2 Å². The summed E-state index contributed by atoms with van der Waals surface area (Å²) in [5.41, 5.74) is 0.677. The molecule has 2 nitrogen and oxygen atoms in total. The van der Waals surface area contributed by atoms with Gasteiger partial charge in [0, 0.05) is 11.6 Å². The van der Waals surface area contributed by atoms with Crippen molar-refractivity contribution in [2.75, 3.05) is 13.4 Å². The number of hydrogen-bond acceptors (Lipinski definition) is 3. The highest BCUT2D eigenvalue weighted by atomic mass is 32.2. The van der Waals surface area contributed by atoms with Gasteiger partial charge in [0.05, 0.1) is 7.11 Å². The first-order chi connectivity index (χ1) is 6.77. The maximum Gasteiger partial charge on any atom is 0.190 e. The summed E-state index contributed by atoms with van der Waals surface area (Å²) in [5.74, 6) is -0.0307. The van der Waals surface area contributed by atoms with Crippen molar-refractivity contribution >= 4 is 17.5 Å². The Morgan fingerprint density at radius 3 is 2.50 bits per heavy atom. The monoisotopic (exact) mass is 208 g/mol. The molecule has 0 radical (unpaired) electrons. The molecule has 1 aromatic rings. The molecule has 14 heavy (non-hydrogen) atoms. The van der Waals surface area contributed by atoms with E-state index in [0.717, 1.165) is 0 Å². The smallest absolute Gasteiger partial charge is 0.190 e. The highest BCUT2D eigenvalue weighted by molar-refractivity contribution is 8.02. The minimum Gasteiger partial charge on any atom is -0.490 e. The van der Waals surface area contributed by atoms with Crippen LogP contribution in [0.5, 0.6) is 0 Å². The van der Waals surface area contributed by atoms with Gasteiger partial charge in [-0.15, -0.1) is 0 Å². The Bertz CT molecular complexity index is 324. The molecule has 0 unspecified atom stereocenters. The topological polar surface area (TPSA) is 26.3 Å². The van der Waals surface area contributed by atoms with Gasteiger partial charge in [0.25, 0.3) is 0 Å². The standard InChI is InChI=1S/C11H12O2S/c1-13-11(14-2)8-10(12)9-6-4-3-5-7-9/h3-8H,1-2H3. The van der Waals surface area contributed by atoms with Gasteiger partial charge in [0.1, 0.15) is 0 Å². The van der Waals surface area contributed by atoms with Crippen molar-refractivity contribution in [3.63, 3.8) is 0 Å². The normalized spacial score (nSPS) is 11.1. The fourth-order valence-electron chi connectivity index (χ4n) is 0.994. The number of carbonyl (C=O) groups is 1. The van der Waals surface area contributed by atoms with Gasteiger partial charge >= 0.3 is 0 Å². The van der Waals surface area contributed by atoms with E-state index in [2.05, 4.69) is 0 Å². The van der Waals surface area contributed by atoms with Gasteiger partial charge in [0.15, 0.2) is 10.9 Å². The molecule has 0 aromatic heterocycles. The van der Waals surface area contributed by atoms with E-state index in [0.29, 0.717) is 10.7 Å². The predicted molar refractivity (Wildman–Crippen MR) is 59.4 cm³/mol. The van der Waals surface area contributed by atoms with Crippen LogP contribution in [-0.4, -0.2) is 19.1 Å². The molecule has 0 amide bonds. The van der Waals surface area contributed by atoms with Crippen LogP contribution >= 0.6 is 11.8 Å². The molecule has 1 aromatic carbocycles. The molecule has 0 aliphatic carbocycles. The predicted octanol–water partition coefficient (Wildman–Crippen LogP) is 2.72. The number of hydrogen-bond donors (Lipinski definition) is 0. The highest BCUT2D eigenvalue weighted by Gasteiger charge is 2.03. The van der Waals surface area contributed by atoms with Crippen LogP contribution < -0.4 is 0 Å². The number of allylic oxidation sites excluding steroid dienone is 1. The molecular formula is C11H12O2S. The third-order valence-corrected chi connectivity index (χ3v) is 2.40. The lowest BCUT2D eigenvalue weighted by Gasteiger charge is -2.00. The first kappa shape index (κ1) is 10.9. The number of carbonyl (C=O) groups excluding carboxylic acids is 1. The van der Waals surface area contributed by atoms with Crippen LogP contribution in [-0.2, 0) is 4.74 Å². The maximum absolute atomic E-state index is 11.6. The van der Waals surface area contributed by atoms with Crippen LogP contribution in [0.2, 0.25) is 0 Å². The largest absolute Gasteiger partial charge is 0.490 e. The van der Waals surface area contributed by atoms with Gasteiger partial charge in [-0.1, -0.05) is 42.1 Å². The molecule has 3 heteroatoms. The molecule has 0 heterocycles. The zero-order valence-corrected chi connectivity index (χ0v) is 9.01. The third-order valence-electron chi connectivity index (χ3n) is 1.71. The quantitative estimate of drug-likeness (QED) is 0.432. The van der Waals surface area contributed by atoms with Gasteiger partial charge in [-0.05, 0) is 6.26 Å². The fourth-order valence-corrected chi connectivity index (χ4v) is 1.39. The molecule has 0 saturated heterocycles. The molecule has 0 bridgehead atoms. The molecule has 74 valence electrons. The molecule has 0 aliphatic heterocycles. The van der Waals surface area contributed by atoms with E-state index in [-0.39, 0.29) is 5.78 Å². The van der Waals surface area contributed by atoms with E-state index in [1.165, 1.54) is 17.8 Å². The summed E-state index contributed by atoms with van der Waals surface area (Å²) in [5, 5.41) is 0.624. The summed E-state index contributed by atoms with van der Waals surface area (Å²) in [7, 11) is 1.56. The van der Waals surface area contributed by atoms with Gasteiger partial charge < -0.3 is 4.74 Å². The minimum atomic E-state index is -0.0307. The Hall–Kier alpha value is -1.22. The molecular weight excluding hydrogens is 196 g/mol. The summed E-state index contributed by atoms with van der Waals surface area (Å²) in [4.78, 5) is 11.6. The van der Waals surface area contributed by atoms with Crippen LogP contribution in [0, 0.1) is 0 Å². The first-order valence-corrected chi connectivity index (χ1v) is 5.39. The summed E-state index contributed by atoms with van der Waals surface area (Å²) in [6, 6.07) is 9.13. The average molecular weight is 208 g/mol. The van der Waals surface area contributed by atoms with Gasteiger partial charge in [-0.25, -0.2) is 0 Å². The van der Waals surface area contributed by atoms with Crippen LogP contribution in [0.1, 0.15) is 10.4 Å². The van der Waals surface area contributed by atoms with Crippen molar-refractivity contribution in [3.8, 4) is 0 Å². The Balaban J connectivity index is 2.82. The van der Waals surface area contributed by atoms with Crippen molar-refractivity contribution in [1.29, 1.82) is 0 Å². The average Bonchev–Trinajstić information content (AvgIpc) is 2.26. The number of methoxy groups -OCH3 is 1. The van der Waals surface area contributed by atoms with Crippen molar-refractivity contribution in [1.82, 2.24) is 0 Å². The second-order valence-corrected chi connectivity index (χ2v) is 3.41. The highest BCUT2D eigenvalue weighted by Crippen LogP contribution is 2.13. The zero-order valence-electron chi connectivity index (χ0n) is 8.19. The molecule has 0 N–H and O–H groups in total. The van der Waals surface area contributed by atoms with Crippen molar-refractivity contribution in [3.05, 3.63) is 47.1 Å². The van der Waals surface area contributed by atoms with Crippen molar-refractivity contribution in [2.45, 2.75) is 0 Å². The maximum atomic E-state index is 11.6. The molecule has 0 spiro atoms. The van der Waals surface area contributed by atoms with Crippen molar-refractivity contribution < 1.29 is 9.53 Å². The van der Waals surface area contributed by atoms with Crippen LogP contribution in [0.4, 0.5) is 0 Å². The van der Waals surface area contributed by atoms with Crippen molar-refractivity contribution in [2.24, 2.45) is 0 Å². The SMILES string of the molecule is COC(=CC(=O)c1ccccc1)SC. The van der Waals surface area contributed by atoms with Crippen LogP contribution in [0.3, 0.4) is 0 Å². The molecule has 0 saturated carbocycles. The van der Waals surface area contributed by atoms with Crippen LogP contribution in [0.25, 0.3) is 0 Å². The second kappa shape index (κ2) is 5.50. The minimum absolute atomic E-state index is 0.0307. The first-order valence-electron chi connectivity index (χ1n) is 4.17. The molecule has 0 aliphatic rings. The Kier molecular flexibility index (Phi) is 4.26. The number of thioether (sulfide) groups is 1. The number of ketones is 1. The summed E-state index contributed by atoms with van der Waals surface area (Å²) in [6.45, 7) is 0. The second-order valence-electron chi connectivity index (χ2n) is 2.60. The Morgan fingerprint density at radius 2 is 2.00 bits per heavy atom. The third kappa shape index (κ3) is 2.92. The molecule has 0 fully saturated rings. The lowest BCUT2D eigenvalue weighted by Crippen LogP contribution is -1.95. The van der Waals surface area contributed by atoms with E-state index in [4.69, 9.17) is 4.74 Å². The number of rotatable bonds is 4. The van der Waals surface area contributed by atoms with E-state index >= 15 is 0 Å². The summed E-state index contributed by atoms with van der Waals surface area (Å²) in [6.07, 6.45) is 3.37. The van der Waals surface area contributed by atoms with E-state index in [9.17, 15) is 4.79 Å². The molecule has 0 atom stereocenters. The van der Waals surface area contributed by atoms with Gasteiger partial charge in [-0.2, -0.15) is 0 Å². The number of ether oxygens (including phenoxy) is 1.